The van der Waals surface area contributed by atoms with Gasteiger partial charge in [0.1, 0.15) is 0 Å². The van der Waals surface area contributed by atoms with E-state index < -0.39 is 0 Å². The van der Waals surface area contributed by atoms with Crippen molar-refractivity contribution in [1.29, 1.82) is 0 Å². The molecular formula is C7H14O2. The van der Waals surface area contributed by atoms with Gasteiger partial charge in [0, 0.05) is 19.6 Å². The third kappa shape index (κ3) is 4.18. The van der Waals surface area contributed by atoms with Crippen molar-refractivity contribution in [3.8, 4) is 0 Å². The minimum Gasteiger partial charge on any atom is -0.396 e. The molecule has 0 saturated carbocycles. The minimum absolute atomic E-state index is 0.0278. The van der Waals surface area contributed by atoms with Crippen LogP contribution in [0.1, 0.15) is 13.3 Å². The van der Waals surface area contributed by atoms with E-state index in [2.05, 4.69) is 6.58 Å². The van der Waals surface area contributed by atoms with E-state index in [1.54, 1.807) is 6.08 Å². The fourth-order valence-corrected chi connectivity index (χ4v) is 0.611. The molecule has 0 bridgehead atoms. The lowest BCUT2D eigenvalue weighted by Gasteiger charge is -2.09. The summed E-state index contributed by atoms with van der Waals surface area (Å²) in [6, 6.07) is 0. The Morgan fingerprint density at radius 3 is 2.78 bits per heavy atom. The maximum atomic E-state index is 8.47. The predicted molar refractivity (Wildman–Crippen MR) is 37.3 cm³/mol. The Bertz CT molecular complexity index is 65.3. The molecule has 0 rings (SSSR count). The molecule has 0 aliphatic rings. The van der Waals surface area contributed by atoms with Gasteiger partial charge in [-0.1, -0.05) is 6.08 Å². The molecule has 2 heteroatoms. The Morgan fingerprint density at radius 1 is 1.78 bits per heavy atom. The molecule has 0 amide bonds. The summed E-state index contributed by atoms with van der Waals surface area (Å²) in [7, 11) is 0. The van der Waals surface area contributed by atoms with E-state index in [0.29, 0.717) is 13.0 Å². The third-order valence-corrected chi connectivity index (χ3v) is 1.06. The summed E-state index contributed by atoms with van der Waals surface area (Å²) in [5.74, 6) is 0. The van der Waals surface area contributed by atoms with Crippen LogP contribution in [0.4, 0.5) is 0 Å². The van der Waals surface area contributed by atoms with Gasteiger partial charge in [0.25, 0.3) is 0 Å². The monoisotopic (exact) mass is 130 g/mol. The van der Waals surface area contributed by atoms with Crippen LogP contribution in [0.5, 0.6) is 0 Å². The maximum absolute atomic E-state index is 8.47. The molecule has 0 aliphatic heterocycles. The molecule has 0 heterocycles. The lowest BCUT2D eigenvalue weighted by molar-refractivity contribution is 0.0759. The number of aliphatic hydroxyl groups excluding tert-OH is 1. The van der Waals surface area contributed by atoms with Gasteiger partial charge in [0.15, 0.2) is 0 Å². The molecule has 1 atom stereocenters. The Labute approximate surface area is 56.1 Å². The van der Waals surface area contributed by atoms with E-state index in [1.807, 2.05) is 6.92 Å². The molecule has 0 aromatic carbocycles. The van der Waals surface area contributed by atoms with Gasteiger partial charge in [-0.25, -0.2) is 0 Å². The van der Waals surface area contributed by atoms with Gasteiger partial charge in [0.05, 0.1) is 6.10 Å². The van der Waals surface area contributed by atoms with E-state index in [4.69, 9.17) is 9.84 Å². The van der Waals surface area contributed by atoms with E-state index in [1.165, 1.54) is 0 Å². The minimum atomic E-state index is 0.0278. The van der Waals surface area contributed by atoms with Crippen molar-refractivity contribution >= 4 is 0 Å². The van der Waals surface area contributed by atoms with E-state index in [9.17, 15) is 0 Å². The first-order valence-electron chi connectivity index (χ1n) is 3.20. The fraction of sp³-hybridized carbons (Fsp3) is 0.714. The van der Waals surface area contributed by atoms with Crippen LogP contribution in [-0.4, -0.2) is 24.4 Å². The summed E-state index contributed by atoms with van der Waals surface area (Å²) in [5.41, 5.74) is 0. The van der Waals surface area contributed by atoms with Crippen LogP contribution in [0.2, 0.25) is 0 Å². The number of ether oxygens (including phenoxy) is 1. The van der Waals surface area contributed by atoms with E-state index in [0.717, 1.165) is 0 Å². The summed E-state index contributed by atoms with van der Waals surface area (Å²) in [4.78, 5) is 0. The number of aliphatic hydroxyl groups is 1. The zero-order valence-electron chi connectivity index (χ0n) is 5.84. The first-order chi connectivity index (χ1) is 4.35. The molecule has 0 fully saturated rings. The molecule has 1 unspecified atom stereocenters. The highest BCUT2D eigenvalue weighted by molar-refractivity contribution is 4.79. The maximum Gasteiger partial charge on any atom is 0.0774 e. The summed E-state index contributed by atoms with van der Waals surface area (Å²) in [6.07, 6.45) is 2.39. The molecule has 1 N–H and O–H groups in total. The molecule has 54 valence electrons. The smallest absolute Gasteiger partial charge is 0.0774 e. The van der Waals surface area contributed by atoms with Crippen molar-refractivity contribution in [1.82, 2.24) is 0 Å². The van der Waals surface area contributed by atoms with Crippen molar-refractivity contribution in [2.24, 2.45) is 0 Å². The Balaban J connectivity index is 3.29. The molecular weight excluding hydrogens is 116 g/mol. The van der Waals surface area contributed by atoms with Crippen LogP contribution in [-0.2, 0) is 4.74 Å². The second kappa shape index (κ2) is 5.79. The Kier molecular flexibility index (Phi) is 5.57. The van der Waals surface area contributed by atoms with Crippen LogP contribution in [0.15, 0.2) is 12.7 Å². The van der Waals surface area contributed by atoms with Gasteiger partial charge >= 0.3 is 0 Å². The van der Waals surface area contributed by atoms with Crippen LogP contribution < -0.4 is 0 Å². The van der Waals surface area contributed by atoms with Crippen molar-refractivity contribution in [2.45, 2.75) is 19.4 Å². The summed E-state index contributed by atoms with van der Waals surface area (Å²) in [5, 5.41) is 8.47. The van der Waals surface area contributed by atoms with E-state index in [-0.39, 0.29) is 12.7 Å². The lowest BCUT2D eigenvalue weighted by Crippen LogP contribution is -2.10. The van der Waals surface area contributed by atoms with Crippen LogP contribution in [0, 0.1) is 0 Å². The van der Waals surface area contributed by atoms with Gasteiger partial charge in [-0.3, -0.25) is 0 Å². The quantitative estimate of drug-likeness (QED) is 0.562. The molecule has 0 radical (unpaired) electrons. The molecule has 0 saturated heterocycles. The average molecular weight is 130 g/mol. The van der Waals surface area contributed by atoms with Crippen molar-refractivity contribution < 1.29 is 9.84 Å². The van der Waals surface area contributed by atoms with Gasteiger partial charge in [0.2, 0.25) is 0 Å². The van der Waals surface area contributed by atoms with Gasteiger partial charge < -0.3 is 9.84 Å². The second-order valence-corrected chi connectivity index (χ2v) is 1.74. The predicted octanol–water partition coefficient (Wildman–Crippen LogP) is 0.960. The summed E-state index contributed by atoms with van der Waals surface area (Å²) in [6.45, 7) is 6.33. The number of hydrogen-bond donors (Lipinski definition) is 1. The molecule has 0 aromatic heterocycles. The van der Waals surface area contributed by atoms with Crippen LogP contribution in [0.25, 0.3) is 0 Å². The highest BCUT2D eigenvalue weighted by Gasteiger charge is 1.99. The topological polar surface area (TPSA) is 29.5 Å². The van der Waals surface area contributed by atoms with Crippen molar-refractivity contribution in [3.63, 3.8) is 0 Å². The molecule has 9 heavy (non-hydrogen) atoms. The largest absolute Gasteiger partial charge is 0.396 e. The highest BCUT2D eigenvalue weighted by Crippen LogP contribution is 1.97. The average Bonchev–Trinajstić information content (AvgIpc) is 1.88. The third-order valence-electron chi connectivity index (χ3n) is 1.06. The zero-order chi connectivity index (χ0) is 7.11. The summed E-state index contributed by atoms with van der Waals surface area (Å²) < 4.78 is 5.15. The van der Waals surface area contributed by atoms with Crippen LogP contribution >= 0.6 is 0 Å². The lowest BCUT2D eigenvalue weighted by atomic mass is 10.2. The SMILES string of the molecule is C=CC(CCO)OCC. The first kappa shape index (κ1) is 8.66. The van der Waals surface area contributed by atoms with Crippen molar-refractivity contribution in [2.75, 3.05) is 13.2 Å². The Morgan fingerprint density at radius 2 is 2.44 bits per heavy atom. The zero-order valence-corrected chi connectivity index (χ0v) is 5.84. The number of hydrogen-bond acceptors (Lipinski definition) is 2. The van der Waals surface area contributed by atoms with Crippen LogP contribution in [0.3, 0.4) is 0 Å². The molecule has 0 spiro atoms. The second-order valence-electron chi connectivity index (χ2n) is 1.74. The number of rotatable bonds is 5. The normalized spacial score (nSPS) is 13.1. The van der Waals surface area contributed by atoms with Gasteiger partial charge in [-0.15, -0.1) is 6.58 Å². The summed E-state index contributed by atoms with van der Waals surface area (Å²) >= 11 is 0. The van der Waals surface area contributed by atoms with Gasteiger partial charge in [-0.05, 0) is 6.92 Å². The Hall–Kier alpha value is -0.340. The van der Waals surface area contributed by atoms with Gasteiger partial charge in [-0.2, -0.15) is 0 Å². The highest BCUT2D eigenvalue weighted by atomic mass is 16.5. The molecule has 0 aromatic rings. The van der Waals surface area contributed by atoms with Crippen molar-refractivity contribution in [3.05, 3.63) is 12.7 Å². The fourth-order valence-electron chi connectivity index (χ4n) is 0.611. The first-order valence-corrected chi connectivity index (χ1v) is 3.20. The standard InChI is InChI=1S/C7H14O2/c1-3-7(5-6-8)9-4-2/h3,7-8H,1,4-6H2,2H3. The molecule has 0 aliphatic carbocycles. The molecule has 2 nitrogen and oxygen atoms in total. The van der Waals surface area contributed by atoms with E-state index >= 15 is 0 Å².